The largest absolute Gasteiger partial charge is 0.384 e. The fraction of sp³-hybridized carbons (Fsp3) is 0.500. The molecule has 0 aliphatic heterocycles. The highest BCUT2D eigenvalue weighted by Crippen LogP contribution is 2.19. The van der Waals surface area contributed by atoms with Crippen LogP contribution in [0.5, 0.6) is 0 Å². The van der Waals surface area contributed by atoms with Gasteiger partial charge >= 0.3 is 0 Å². The van der Waals surface area contributed by atoms with E-state index in [0.29, 0.717) is 0 Å². The first-order valence-electron chi connectivity index (χ1n) is 6.33. The molecule has 0 bridgehead atoms. The Morgan fingerprint density at radius 3 is 2.50 bits per heavy atom. The first-order valence-corrected chi connectivity index (χ1v) is 6.33. The molecule has 4 heteroatoms. The Balaban J connectivity index is 2.79. The molecule has 18 heavy (non-hydrogen) atoms. The Bertz CT molecular complexity index is 429. The molecule has 0 fully saturated rings. The normalized spacial score (nSPS) is 11.4. The lowest BCUT2D eigenvalue weighted by atomic mass is 10.2. The molecule has 0 spiro atoms. The fourth-order valence-electron chi connectivity index (χ4n) is 1.53. The SMILES string of the molecule is C=C(NCCCC)C(C)=Nc1c(C)ncnc1C. The smallest absolute Gasteiger partial charge is 0.116 e. The molecule has 0 saturated heterocycles. The van der Waals surface area contributed by atoms with Gasteiger partial charge in [0.1, 0.15) is 12.0 Å². The zero-order chi connectivity index (χ0) is 13.5. The topological polar surface area (TPSA) is 50.2 Å². The van der Waals surface area contributed by atoms with Gasteiger partial charge in [0.05, 0.1) is 17.1 Å². The van der Waals surface area contributed by atoms with Gasteiger partial charge < -0.3 is 5.32 Å². The molecule has 0 aliphatic rings. The van der Waals surface area contributed by atoms with Crippen molar-refractivity contribution in [1.29, 1.82) is 0 Å². The third-order valence-electron chi connectivity index (χ3n) is 2.77. The summed E-state index contributed by atoms with van der Waals surface area (Å²) in [4.78, 5) is 12.9. The minimum absolute atomic E-state index is 0.841. The molecule has 1 rings (SSSR count). The standard InChI is InChI=1S/C14H22N4/c1-6-7-8-15-10(2)11(3)18-14-12(4)16-9-17-13(14)5/h9,15H,2,6-8H2,1,3-5H3. The summed E-state index contributed by atoms with van der Waals surface area (Å²) in [5, 5.41) is 3.28. The van der Waals surface area contributed by atoms with Crippen LogP contribution >= 0.6 is 0 Å². The minimum Gasteiger partial charge on any atom is -0.384 e. The zero-order valence-corrected chi connectivity index (χ0v) is 11.7. The van der Waals surface area contributed by atoms with E-state index in [-0.39, 0.29) is 0 Å². The number of nitrogens with one attached hydrogen (secondary N) is 1. The lowest BCUT2D eigenvalue weighted by Gasteiger charge is -2.10. The van der Waals surface area contributed by atoms with Gasteiger partial charge in [-0.2, -0.15) is 0 Å². The minimum atomic E-state index is 0.841. The highest BCUT2D eigenvalue weighted by atomic mass is 14.9. The molecule has 98 valence electrons. The van der Waals surface area contributed by atoms with Gasteiger partial charge in [0.25, 0.3) is 0 Å². The van der Waals surface area contributed by atoms with Crippen LogP contribution in [-0.4, -0.2) is 22.2 Å². The summed E-state index contributed by atoms with van der Waals surface area (Å²) < 4.78 is 0. The average Bonchev–Trinajstić information content (AvgIpc) is 2.34. The Morgan fingerprint density at radius 1 is 1.33 bits per heavy atom. The van der Waals surface area contributed by atoms with Crippen molar-refractivity contribution in [3.63, 3.8) is 0 Å². The highest BCUT2D eigenvalue weighted by Gasteiger charge is 2.05. The van der Waals surface area contributed by atoms with E-state index in [1.165, 1.54) is 6.42 Å². The van der Waals surface area contributed by atoms with Crippen LogP contribution in [0, 0.1) is 13.8 Å². The summed E-state index contributed by atoms with van der Waals surface area (Å²) in [6.07, 6.45) is 3.87. The van der Waals surface area contributed by atoms with Crippen molar-refractivity contribution in [1.82, 2.24) is 15.3 Å². The first-order chi connectivity index (χ1) is 8.56. The van der Waals surface area contributed by atoms with Gasteiger partial charge in [0.15, 0.2) is 0 Å². The van der Waals surface area contributed by atoms with Crippen LogP contribution in [0.15, 0.2) is 23.6 Å². The molecule has 0 aromatic carbocycles. The molecule has 0 radical (unpaired) electrons. The van der Waals surface area contributed by atoms with Gasteiger partial charge in [-0.3, -0.25) is 0 Å². The predicted molar refractivity (Wildman–Crippen MR) is 76.3 cm³/mol. The molecule has 1 heterocycles. The first kappa shape index (κ1) is 14.4. The predicted octanol–water partition coefficient (Wildman–Crippen LogP) is 3.09. The Labute approximate surface area is 109 Å². The molecule has 1 aromatic rings. The van der Waals surface area contributed by atoms with Crippen molar-refractivity contribution < 1.29 is 0 Å². The van der Waals surface area contributed by atoms with Gasteiger partial charge in [-0.25, -0.2) is 15.0 Å². The number of hydrogen-bond donors (Lipinski definition) is 1. The lowest BCUT2D eigenvalue weighted by Crippen LogP contribution is -2.18. The maximum atomic E-state index is 4.57. The number of nitrogens with zero attached hydrogens (tertiary/aromatic N) is 3. The maximum absolute atomic E-state index is 4.57. The van der Waals surface area contributed by atoms with Crippen molar-refractivity contribution in [2.45, 2.75) is 40.5 Å². The Morgan fingerprint density at radius 2 is 1.94 bits per heavy atom. The summed E-state index contributed by atoms with van der Waals surface area (Å²) in [5.74, 6) is 0. The van der Waals surface area contributed by atoms with Gasteiger partial charge in [-0.05, 0) is 27.2 Å². The third kappa shape index (κ3) is 3.95. The van der Waals surface area contributed by atoms with E-state index >= 15 is 0 Å². The number of unbranched alkanes of at least 4 members (excludes halogenated alkanes) is 1. The van der Waals surface area contributed by atoms with Crippen molar-refractivity contribution in [3.05, 3.63) is 30.0 Å². The molecule has 0 unspecified atom stereocenters. The number of hydrogen-bond acceptors (Lipinski definition) is 4. The van der Waals surface area contributed by atoms with Crippen molar-refractivity contribution in [2.24, 2.45) is 4.99 Å². The van der Waals surface area contributed by atoms with Gasteiger partial charge in [0.2, 0.25) is 0 Å². The van der Waals surface area contributed by atoms with Crippen LogP contribution in [0.4, 0.5) is 5.69 Å². The summed E-state index contributed by atoms with van der Waals surface area (Å²) in [6.45, 7) is 12.9. The van der Waals surface area contributed by atoms with Crippen LogP contribution in [0.3, 0.4) is 0 Å². The maximum Gasteiger partial charge on any atom is 0.116 e. The zero-order valence-electron chi connectivity index (χ0n) is 11.7. The summed E-state index contributed by atoms with van der Waals surface area (Å²) in [6, 6.07) is 0. The average molecular weight is 246 g/mol. The van der Waals surface area contributed by atoms with Crippen molar-refractivity contribution in [3.8, 4) is 0 Å². The van der Waals surface area contributed by atoms with Gasteiger partial charge in [0, 0.05) is 12.2 Å². The van der Waals surface area contributed by atoms with Crippen LogP contribution < -0.4 is 5.32 Å². The number of aliphatic imine (C=N–C) groups is 1. The third-order valence-corrected chi connectivity index (χ3v) is 2.77. The molecule has 0 atom stereocenters. The van der Waals surface area contributed by atoms with Crippen LogP contribution in [0.1, 0.15) is 38.1 Å². The molecule has 1 aromatic heterocycles. The summed E-state index contributed by atoms with van der Waals surface area (Å²) in [7, 11) is 0. The van der Waals surface area contributed by atoms with Crippen molar-refractivity contribution >= 4 is 11.4 Å². The number of allylic oxidation sites excluding steroid dienone is 1. The number of aryl methyl sites for hydroxylation is 2. The second-order valence-electron chi connectivity index (χ2n) is 4.35. The van der Waals surface area contributed by atoms with Crippen molar-refractivity contribution in [2.75, 3.05) is 6.54 Å². The lowest BCUT2D eigenvalue weighted by molar-refractivity contribution is 0.725. The van der Waals surface area contributed by atoms with Crippen LogP contribution in [0.2, 0.25) is 0 Å². The van der Waals surface area contributed by atoms with E-state index in [1.807, 2.05) is 20.8 Å². The molecule has 1 N–H and O–H groups in total. The molecular formula is C14H22N4. The van der Waals surface area contributed by atoms with E-state index in [9.17, 15) is 0 Å². The molecule has 0 aliphatic carbocycles. The summed E-state index contributed by atoms with van der Waals surface area (Å²) >= 11 is 0. The molecular weight excluding hydrogens is 224 g/mol. The van der Waals surface area contributed by atoms with Gasteiger partial charge in [-0.15, -0.1) is 0 Å². The quantitative estimate of drug-likeness (QED) is 0.620. The van der Waals surface area contributed by atoms with E-state index in [1.54, 1.807) is 6.33 Å². The van der Waals surface area contributed by atoms with E-state index in [4.69, 9.17) is 0 Å². The van der Waals surface area contributed by atoms with E-state index in [2.05, 4.69) is 33.8 Å². The summed E-state index contributed by atoms with van der Waals surface area (Å²) in [5.41, 5.74) is 4.37. The van der Waals surface area contributed by atoms with Crippen LogP contribution in [-0.2, 0) is 0 Å². The Kier molecular flexibility index (Phi) is 5.49. The number of rotatable bonds is 6. The highest BCUT2D eigenvalue weighted by molar-refractivity contribution is 5.98. The molecule has 0 amide bonds. The van der Waals surface area contributed by atoms with E-state index < -0.39 is 0 Å². The van der Waals surface area contributed by atoms with E-state index in [0.717, 1.165) is 41.4 Å². The molecule has 0 saturated carbocycles. The van der Waals surface area contributed by atoms with Crippen LogP contribution in [0.25, 0.3) is 0 Å². The Hall–Kier alpha value is -1.71. The molecule has 4 nitrogen and oxygen atoms in total. The van der Waals surface area contributed by atoms with Gasteiger partial charge in [-0.1, -0.05) is 19.9 Å². The second-order valence-corrected chi connectivity index (χ2v) is 4.35. The fourth-order valence-corrected chi connectivity index (χ4v) is 1.53. The number of aromatic nitrogens is 2. The monoisotopic (exact) mass is 246 g/mol. The second kappa shape index (κ2) is 6.89.